The van der Waals surface area contributed by atoms with Gasteiger partial charge < -0.3 is 14.5 Å². The zero-order valence-corrected chi connectivity index (χ0v) is 20.4. The van der Waals surface area contributed by atoms with E-state index in [0.29, 0.717) is 13.1 Å². The van der Waals surface area contributed by atoms with Gasteiger partial charge in [0.2, 0.25) is 5.91 Å². The molecule has 186 valence electrons. The fraction of sp³-hybridized carbons (Fsp3) is 0.308. The minimum Gasteiger partial charge on any atom is -0.383 e. The lowest BCUT2D eigenvalue weighted by Crippen LogP contribution is -2.43. The number of aryl methyl sites for hydroxylation is 1. The summed E-state index contributed by atoms with van der Waals surface area (Å²) in [5.41, 5.74) is 1.27. The number of benzene rings is 2. The lowest BCUT2D eigenvalue weighted by atomic mass is 10.1. The zero-order valence-electron chi connectivity index (χ0n) is 19.5. The Morgan fingerprint density at radius 1 is 0.943 bits per heavy atom. The van der Waals surface area contributed by atoms with Crippen LogP contribution in [0.25, 0.3) is 0 Å². The Kier molecular flexibility index (Phi) is 9.06. The number of ether oxygens (including phenoxy) is 1. The molecule has 0 aliphatic carbocycles. The van der Waals surface area contributed by atoms with E-state index in [-0.39, 0.29) is 31.2 Å². The van der Waals surface area contributed by atoms with Crippen molar-refractivity contribution in [1.82, 2.24) is 9.80 Å². The van der Waals surface area contributed by atoms with Crippen LogP contribution in [0.2, 0.25) is 0 Å². The highest BCUT2D eigenvalue weighted by Gasteiger charge is 2.31. The van der Waals surface area contributed by atoms with Crippen molar-refractivity contribution >= 4 is 23.2 Å². The number of amides is 2. The molecule has 35 heavy (non-hydrogen) atoms. The number of nitrogens with zero attached hydrogens (tertiary/aromatic N) is 2. The van der Waals surface area contributed by atoms with Gasteiger partial charge in [-0.15, -0.1) is 11.3 Å². The molecule has 0 fully saturated rings. The van der Waals surface area contributed by atoms with Gasteiger partial charge in [0.05, 0.1) is 18.7 Å². The maximum atomic E-state index is 13.4. The molecule has 1 heterocycles. The quantitative estimate of drug-likeness (QED) is 0.372. The molecule has 5 nitrogen and oxygen atoms in total. The van der Waals surface area contributed by atoms with Gasteiger partial charge in [-0.25, -0.2) is 0 Å². The third-order valence-electron chi connectivity index (χ3n) is 5.51. The first-order chi connectivity index (χ1) is 16.7. The maximum absolute atomic E-state index is 13.4. The standard InChI is InChI=1S/C26H27F3N2O3S/c1-19-12-15-35-23(19)17-31(16-20-6-4-3-5-7-20)24(32)18-30(13-14-34-2)25(33)21-8-10-22(11-9-21)26(27,28)29/h3-12,15H,13-14,16-18H2,1-2H3. The summed E-state index contributed by atoms with van der Waals surface area (Å²) in [5.74, 6) is -0.797. The molecule has 2 aromatic carbocycles. The van der Waals surface area contributed by atoms with Crippen molar-refractivity contribution in [3.8, 4) is 0 Å². The number of carbonyl (C=O) groups excluding carboxylic acids is 2. The van der Waals surface area contributed by atoms with Gasteiger partial charge in [-0.05, 0) is 53.8 Å². The summed E-state index contributed by atoms with van der Waals surface area (Å²) in [6.07, 6.45) is -4.49. The molecule has 0 spiro atoms. The van der Waals surface area contributed by atoms with Crippen LogP contribution in [0.15, 0.2) is 66.0 Å². The van der Waals surface area contributed by atoms with Crippen molar-refractivity contribution in [1.29, 1.82) is 0 Å². The molecular formula is C26H27F3N2O3S. The first kappa shape index (κ1) is 26.4. The molecule has 3 rings (SSSR count). The predicted molar refractivity (Wildman–Crippen MR) is 129 cm³/mol. The van der Waals surface area contributed by atoms with E-state index in [1.54, 1.807) is 16.2 Å². The van der Waals surface area contributed by atoms with Gasteiger partial charge >= 0.3 is 6.18 Å². The summed E-state index contributed by atoms with van der Waals surface area (Å²) in [5, 5.41) is 1.97. The lowest BCUT2D eigenvalue weighted by Gasteiger charge is -2.28. The van der Waals surface area contributed by atoms with Gasteiger partial charge in [-0.2, -0.15) is 13.2 Å². The first-order valence-electron chi connectivity index (χ1n) is 11.0. The Hall–Kier alpha value is -3.17. The van der Waals surface area contributed by atoms with Crippen LogP contribution in [0, 0.1) is 6.92 Å². The summed E-state index contributed by atoms with van der Waals surface area (Å²) >= 11 is 1.56. The van der Waals surface area contributed by atoms with E-state index in [0.717, 1.165) is 40.3 Å². The molecule has 0 aliphatic heterocycles. The molecule has 0 atom stereocenters. The van der Waals surface area contributed by atoms with Crippen molar-refractivity contribution < 1.29 is 27.5 Å². The molecule has 0 unspecified atom stereocenters. The highest BCUT2D eigenvalue weighted by Crippen LogP contribution is 2.29. The van der Waals surface area contributed by atoms with Gasteiger partial charge in [0.15, 0.2) is 0 Å². The molecule has 3 aromatic rings. The second-order valence-corrected chi connectivity index (χ2v) is 9.06. The SMILES string of the molecule is COCCN(CC(=O)N(Cc1ccccc1)Cc1sccc1C)C(=O)c1ccc(C(F)(F)F)cc1. The second kappa shape index (κ2) is 12.0. The molecule has 0 bridgehead atoms. The molecule has 0 saturated heterocycles. The number of hydrogen-bond donors (Lipinski definition) is 0. The first-order valence-corrected chi connectivity index (χ1v) is 11.9. The van der Waals surface area contributed by atoms with Crippen LogP contribution in [-0.4, -0.2) is 48.4 Å². The van der Waals surface area contributed by atoms with Gasteiger partial charge in [-0.3, -0.25) is 9.59 Å². The molecule has 0 saturated carbocycles. The third kappa shape index (κ3) is 7.40. The number of carbonyl (C=O) groups is 2. The summed E-state index contributed by atoms with van der Waals surface area (Å²) in [4.78, 5) is 30.6. The average Bonchev–Trinajstić information content (AvgIpc) is 3.25. The van der Waals surface area contributed by atoms with E-state index in [9.17, 15) is 22.8 Å². The Morgan fingerprint density at radius 3 is 2.20 bits per heavy atom. The molecule has 2 amide bonds. The number of methoxy groups -OCH3 is 1. The largest absolute Gasteiger partial charge is 0.416 e. The Bertz CT molecular complexity index is 1110. The molecule has 0 N–H and O–H groups in total. The van der Waals surface area contributed by atoms with Crippen LogP contribution < -0.4 is 0 Å². The number of hydrogen-bond acceptors (Lipinski definition) is 4. The number of alkyl halides is 3. The Balaban J connectivity index is 1.81. The van der Waals surface area contributed by atoms with Crippen LogP contribution in [0.3, 0.4) is 0 Å². The Morgan fingerprint density at radius 2 is 1.63 bits per heavy atom. The normalized spacial score (nSPS) is 11.3. The highest BCUT2D eigenvalue weighted by molar-refractivity contribution is 7.10. The smallest absolute Gasteiger partial charge is 0.383 e. The van der Waals surface area contributed by atoms with Crippen LogP contribution in [-0.2, 0) is 28.8 Å². The number of rotatable bonds is 10. The fourth-order valence-electron chi connectivity index (χ4n) is 3.48. The fourth-order valence-corrected chi connectivity index (χ4v) is 4.40. The summed E-state index contributed by atoms with van der Waals surface area (Å²) in [6, 6.07) is 15.5. The van der Waals surface area contributed by atoms with Gasteiger partial charge in [-0.1, -0.05) is 30.3 Å². The molecule has 1 aromatic heterocycles. The summed E-state index contributed by atoms with van der Waals surface area (Å²) < 4.78 is 43.8. The van der Waals surface area contributed by atoms with Gasteiger partial charge in [0.1, 0.15) is 6.54 Å². The van der Waals surface area contributed by atoms with Crippen LogP contribution in [0.4, 0.5) is 13.2 Å². The summed E-state index contributed by atoms with van der Waals surface area (Å²) in [6.45, 7) is 2.82. The monoisotopic (exact) mass is 504 g/mol. The third-order valence-corrected chi connectivity index (χ3v) is 6.52. The zero-order chi connectivity index (χ0) is 25.4. The van der Waals surface area contributed by atoms with Crippen molar-refractivity contribution in [3.05, 3.63) is 93.2 Å². The van der Waals surface area contributed by atoms with Crippen molar-refractivity contribution in [2.45, 2.75) is 26.2 Å². The number of halogens is 3. The molecular weight excluding hydrogens is 477 g/mol. The highest BCUT2D eigenvalue weighted by atomic mass is 32.1. The van der Waals surface area contributed by atoms with Crippen molar-refractivity contribution in [2.24, 2.45) is 0 Å². The number of thiophene rings is 1. The van der Waals surface area contributed by atoms with E-state index in [1.165, 1.54) is 12.0 Å². The van der Waals surface area contributed by atoms with E-state index >= 15 is 0 Å². The predicted octanol–water partition coefficient (Wildman–Crippen LogP) is 5.39. The van der Waals surface area contributed by atoms with E-state index in [4.69, 9.17) is 4.74 Å². The Labute approximate surface area is 206 Å². The topological polar surface area (TPSA) is 49.9 Å². The average molecular weight is 505 g/mol. The lowest BCUT2D eigenvalue weighted by molar-refractivity contribution is -0.137. The van der Waals surface area contributed by atoms with E-state index in [1.807, 2.05) is 48.7 Å². The van der Waals surface area contributed by atoms with Crippen molar-refractivity contribution in [3.63, 3.8) is 0 Å². The van der Waals surface area contributed by atoms with E-state index < -0.39 is 17.6 Å². The summed E-state index contributed by atoms with van der Waals surface area (Å²) in [7, 11) is 1.48. The molecule has 0 aliphatic rings. The van der Waals surface area contributed by atoms with Crippen LogP contribution in [0.5, 0.6) is 0 Å². The minimum absolute atomic E-state index is 0.0746. The maximum Gasteiger partial charge on any atom is 0.416 e. The minimum atomic E-state index is -4.49. The van der Waals surface area contributed by atoms with Crippen molar-refractivity contribution in [2.75, 3.05) is 26.8 Å². The van der Waals surface area contributed by atoms with Crippen LogP contribution in [0.1, 0.15) is 31.9 Å². The van der Waals surface area contributed by atoms with Gasteiger partial charge in [0, 0.05) is 30.6 Å². The van der Waals surface area contributed by atoms with Crippen LogP contribution >= 0.6 is 11.3 Å². The molecule has 0 radical (unpaired) electrons. The van der Waals surface area contributed by atoms with Gasteiger partial charge in [0.25, 0.3) is 5.91 Å². The van der Waals surface area contributed by atoms with E-state index in [2.05, 4.69) is 0 Å². The second-order valence-electron chi connectivity index (χ2n) is 8.06. The molecule has 9 heteroatoms.